The first-order valence-electron chi connectivity index (χ1n) is 10.6. The molecule has 1 fully saturated rings. The SMILES string of the molecule is C=CCc1ccc(C#Cc2ccc(C3CCC(CCCC)CC3)cc2)cc1. The quantitative estimate of drug-likeness (QED) is 0.377. The molecule has 0 bridgehead atoms. The highest BCUT2D eigenvalue weighted by molar-refractivity contribution is 5.44. The molecule has 1 aliphatic carbocycles. The van der Waals surface area contributed by atoms with Crippen LogP contribution in [-0.4, -0.2) is 0 Å². The van der Waals surface area contributed by atoms with Gasteiger partial charge in [0.15, 0.2) is 0 Å². The Bertz CT molecular complexity index is 760. The van der Waals surface area contributed by atoms with Crippen LogP contribution in [0.15, 0.2) is 61.2 Å². The van der Waals surface area contributed by atoms with Crippen molar-refractivity contribution in [2.24, 2.45) is 5.92 Å². The Morgan fingerprint density at radius 3 is 2.04 bits per heavy atom. The van der Waals surface area contributed by atoms with E-state index < -0.39 is 0 Å². The fourth-order valence-corrected chi connectivity index (χ4v) is 4.15. The molecule has 0 spiro atoms. The minimum atomic E-state index is 0.752. The zero-order chi connectivity index (χ0) is 18.9. The van der Waals surface area contributed by atoms with E-state index >= 15 is 0 Å². The van der Waals surface area contributed by atoms with E-state index in [0.29, 0.717) is 0 Å². The van der Waals surface area contributed by atoms with Crippen LogP contribution in [0.3, 0.4) is 0 Å². The van der Waals surface area contributed by atoms with Gasteiger partial charge in [0.1, 0.15) is 0 Å². The Hall–Kier alpha value is -2.26. The molecule has 0 heterocycles. The monoisotopic (exact) mass is 356 g/mol. The van der Waals surface area contributed by atoms with Crippen LogP contribution in [0.5, 0.6) is 0 Å². The molecule has 3 rings (SSSR count). The van der Waals surface area contributed by atoms with Crippen molar-refractivity contribution in [3.8, 4) is 11.8 Å². The summed E-state index contributed by atoms with van der Waals surface area (Å²) in [6.07, 6.45) is 12.6. The first kappa shape index (κ1) is 19.5. The van der Waals surface area contributed by atoms with Gasteiger partial charge in [-0.3, -0.25) is 0 Å². The summed E-state index contributed by atoms with van der Waals surface area (Å²) in [6.45, 7) is 6.08. The standard InChI is InChI=1S/C27H32/c1-3-5-7-23-14-18-26(19-15-23)27-20-16-25(17-21-27)13-12-24-10-8-22(6-4-2)9-11-24/h4,8-11,16-17,20-21,23,26H,2-3,5-7,14-15,18-19H2,1H3. The van der Waals surface area contributed by atoms with Crippen molar-refractivity contribution in [1.29, 1.82) is 0 Å². The van der Waals surface area contributed by atoms with Gasteiger partial charge in [-0.15, -0.1) is 6.58 Å². The van der Waals surface area contributed by atoms with Gasteiger partial charge in [0.2, 0.25) is 0 Å². The number of rotatable bonds is 6. The molecule has 0 heteroatoms. The van der Waals surface area contributed by atoms with Crippen LogP contribution < -0.4 is 0 Å². The average Bonchev–Trinajstić information content (AvgIpc) is 2.73. The third kappa shape index (κ3) is 5.86. The lowest BCUT2D eigenvalue weighted by Crippen LogP contribution is -2.13. The second-order valence-electron chi connectivity index (χ2n) is 7.92. The first-order valence-corrected chi connectivity index (χ1v) is 10.6. The van der Waals surface area contributed by atoms with Gasteiger partial charge in [0, 0.05) is 11.1 Å². The van der Waals surface area contributed by atoms with E-state index in [1.165, 1.54) is 56.1 Å². The molecular weight excluding hydrogens is 324 g/mol. The summed E-state index contributed by atoms with van der Waals surface area (Å²) in [5.74, 6) is 8.31. The lowest BCUT2D eigenvalue weighted by molar-refractivity contribution is 0.304. The largest absolute Gasteiger partial charge is 0.103 e. The van der Waals surface area contributed by atoms with Crippen molar-refractivity contribution in [3.63, 3.8) is 0 Å². The van der Waals surface area contributed by atoms with Crippen LogP contribution in [-0.2, 0) is 6.42 Å². The molecule has 0 unspecified atom stereocenters. The van der Waals surface area contributed by atoms with Crippen molar-refractivity contribution in [1.82, 2.24) is 0 Å². The Morgan fingerprint density at radius 1 is 0.889 bits per heavy atom. The van der Waals surface area contributed by atoms with Crippen LogP contribution in [0.25, 0.3) is 0 Å². The minimum Gasteiger partial charge on any atom is -0.103 e. The highest BCUT2D eigenvalue weighted by atomic mass is 14.3. The molecule has 0 saturated heterocycles. The van der Waals surface area contributed by atoms with Crippen LogP contribution in [0.2, 0.25) is 0 Å². The molecule has 1 saturated carbocycles. The average molecular weight is 357 g/mol. The van der Waals surface area contributed by atoms with Gasteiger partial charge in [0.25, 0.3) is 0 Å². The summed E-state index contributed by atoms with van der Waals surface area (Å²) in [6, 6.07) is 17.4. The van der Waals surface area contributed by atoms with Crippen molar-refractivity contribution < 1.29 is 0 Å². The molecule has 0 radical (unpaired) electrons. The number of allylic oxidation sites excluding steroid dienone is 1. The number of hydrogen-bond acceptors (Lipinski definition) is 0. The van der Waals surface area contributed by atoms with E-state index in [2.05, 4.69) is 73.9 Å². The van der Waals surface area contributed by atoms with Crippen LogP contribution in [0, 0.1) is 17.8 Å². The second-order valence-corrected chi connectivity index (χ2v) is 7.92. The summed E-state index contributed by atoms with van der Waals surface area (Å²) in [5.41, 5.74) is 4.95. The topological polar surface area (TPSA) is 0 Å². The highest BCUT2D eigenvalue weighted by Gasteiger charge is 2.21. The predicted molar refractivity (Wildman–Crippen MR) is 117 cm³/mol. The van der Waals surface area contributed by atoms with Crippen LogP contribution in [0.1, 0.15) is 80.0 Å². The minimum absolute atomic E-state index is 0.752. The summed E-state index contributed by atoms with van der Waals surface area (Å²) in [7, 11) is 0. The van der Waals surface area contributed by atoms with E-state index in [-0.39, 0.29) is 0 Å². The van der Waals surface area contributed by atoms with E-state index in [4.69, 9.17) is 0 Å². The summed E-state index contributed by atoms with van der Waals surface area (Å²) in [5, 5.41) is 0. The lowest BCUT2D eigenvalue weighted by atomic mass is 9.77. The van der Waals surface area contributed by atoms with E-state index in [1.54, 1.807) is 0 Å². The summed E-state index contributed by atoms with van der Waals surface area (Å²) < 4.78 is 0. The zero-order valence-corrected chi connectivity index (χ0v) is 16.7. The van der Waals surface area contributed by atoms with Gasteiger partial charge >= 0.3 is 0 Å². The zero-order valence-electron chi connectivity index (χ0n) is 16.7. The van der Waals surface area contributed by atoms with E-state index in [9.17, 15) is 0 Å². The van der Waals surface area contributed by atoms with Crippen LogP contribution >= 0.6 is 0 Å². The summed E-state index contributed by atoms with van der Waals surface area (Å²) >= 11 is 0. The molecule has 0 aromatic heterocycles. The smallest absolute Gasteiger partial charge is 0.0249 e. The molecule has 0 nitrogen and oxygen atoms in total. The molecule has 0 amide bonds. The van der Waals surface area contributed by atoms with Crippen molar-refractivity contribution in [2.75, 3.05) is 0 Å². The molecule has 1 aliphatic rings. The van der Waals surface area contributed by atoms with Crippen molar-refractivity contribution in [2.45, 2.75) is 64.2 Å². The Balaban J connectivity index is 1.56. The van der Waals surface area contributed by atoms with E-state index in [1.807, 2.05) is 6.08 Å². The van der Waals surface area contributed by atoms with Gasteiger partial charge in [-0.05, 0) is 79.3 Å². The molecule has 27 heavy (non-hydrogen) atoms. The highest BCUT2D eigenvalue weighted by Crippen LogP contribution is 2.37. The maximum Gasteiger partial charge on any atom is 0.0249 e. The molecule has 0 N–H and O–H groups in total. The molecule has 0 atom stereocenters. The van der Waals surface area contributed by atoms with Crippen molar-refractivity contribution >= 4 is 0 Å². The van der Waals surface area contributed by atoms with Crippen LogP contribution in [0.4, 0.5) is 0 Å². The molecule has 140 valence electrons. The fraction of sp³-hybridized carbons (Fsp3) is 0.407. The Morgan fingerprint density at radius 2 is 1.48 bits per heavy atom. The molecule has 2 aromatic carbocycles. The Labute approximate surface area is 165 Å². The van der Waals surface area contributed by atoms with Gasteiger partial charge in [-0.25, -0.2) is 0 Å². The summed E-state index contributed by atoms with van der Waals surface area (Å²) in [4.78, 5) is 0. The maximum atomic E-state index is 3.78. The number of unbranched alkanes of at least 4 members (excludes halogenated alkanes) is 1. The number of benzene rings is 2. The third-order valence-corrected chi connectivity index (χ3v) is 5.88. The number of hydrogen-bond donors (Lipinski definition) is 0. The molecular formula is C27H32. The van der Waals surface area contributed by atoms with Gasteiger partial charge < -0.3 is 0 Å². The predicted octanol–water partition coefficient (Wildman–Crippen LogP) is 7.28. The van der Waals surface area contributed by atoms with Gasteiger partial charge in [-0.2, -0.15) is 0 Å². The third-order valence-electron chi connectivity index (χ3n) is 5.88. The first-order chi connectivity index (χ1) is 13.3. The maximum absolute atomic E-state index is 3.78. The lowest BCUT2D eigenvalue weighted by Gasteiger charge is -2.28. The fourth-order valence-electron chi connectivity index (χ4n) is 4.15. The van der Waals surface area contributed by atoms with E-state index in [0.717, 1.165) is 29.4 Å². The van der Waals surface area contributed by atoms with Crippen molar-refractivity contribution in [3.05, 3.63) is 83.4 Å². The Kier molecular flexibility index (Phi) is 7.35. The normalized spacial score (nSPS) is 19.1. The van der Waals surface area contributed by atoms with Gasteiger partial charge in [0.05, 0.1) is 0 Å². The molecule has 2 aromatic rings. The second kappa shape index (κ2) is 10.2. The van der Waals surface area contributed by atoms with Gasteiger partial charge in [-0.1, -0.05) is 68.4 Å². The molecule has 0 aliphatic heterocycles.